The van der Waals surface area contributed by atoms with Crippen molar-refractivity contribution in [1.29, 1.82) is 5.26 Å². The maximum Gasteiger partial charge on any atom is 0.242 e. The van der Waals surface area contributed by atoms with Crippen LogP contribution >= 0.6 is 0 Å². The summed E-state index contributed by atoms with van der Waals surface area (Å²) in [5.74, 6) is 1.11. The second-order valence-corrected chi connectivity index (χ2v) is 10.5. The van der Waals surface area contributed by atoms with Crippen molar-refractivity contribution in [3.8, 4) is 6.07 Å². The normalized spacial score (nSPS) is 27.3. The average Bonchev–Trinajstić information content (AvgIpc) is 3.71. The maximum absolute atomic E-state index is 13.3. The van der Waals surface area contributed by atoms with Crippen molar-refractivity contribution in [3.63, 3.8) is 0 Å². The molecule has 184 valence electrons. The second-order valence-electron chi connectivity index (χ2n) is 10.5. The van der Waals surface area contributed by atoms with Gasteiger partial charge in [0.2, 0.25) is 11.8 Å². The van der Waals surface area contributed by atoms with Crippen LogP contribution < -0.4 is 11.1 Å². The summed E-state index contributed by atoms with van der Waals surface area (Å²) in [6.45, 7) is 4.47. The van der Waals surface area contributed by atoms with Crippen LogP contribution in [0, 0.1) is 23.2 Å². The Morgan fingerprint density at radius 2 is 1.74 bits per heavy atom. The SMILES string of the molecule is CC(=O)N1CCC(N(Cc2ccc(C#N)cc2)C2CC2)C[C@@H]1C(=O)NCC1CCC(CN)CC1. The molecule has 2 saturated carbocycles. The van der Waals surface area contributed by atoms with E-state index in [9.17, 15) is 9.59 Å². The molecule has 1 saturated heterocycles. The molecule has 2 aliphatic carbocycles. The van der Waals surface area contributed by atoms with Crippen LogP contribution in [0.4, 0.5) is 0 Å². The van der Waals surface area contributed by atoms with Gasteiger partial charge in [0.25, 0.3) is 0 Å². The van der Waals surface area contributed by atoms with E-state index >= 15 is 0 Å². The Bertz CT molecular complexity index is 883. The lowest BCUT2D eigenvalue weighted by molar-refractivity contribution is -0.142. The molecule has 1 aromatic carbocycles. The molecule has 3 aliphatic rings. The Morgan fingerprint density at radius 3 is 2.32 bits per heavy atom. The lowest BCUT2D eigenvalue weighted by Gasteiger charge is -2.43. The van der Waals surface area contributed by atoms with Gasteiger partial charge in [0.1, 0.15) is 6.04 Å². The van der Waals surface area contributed by atoms with Gasteiger partial charge in [0, 0.05) is 38.6 Å². The first-order valence-electron chi connectivity index (χ1n) is 13.0. The quantitative estimate of drug-likeness (QED) is 0.615. The summed E-state index contributed by atoms with van der Waals surface area (Å²) in [5.41, 5.74) is 7.67. The zero-order valence-corrected chi connectivity index (χ0v) is 20.4. The molecule has 1 unspecified atom stereocenters. The molecule has 1 aliphatic heterocycles. The largest absolute Gasteiger partial charge is 0.354 e. The van der Waals surface area contributed by atoms with Crippen LogP contribution in [0.15, 0.2) is 24.3 Å². The first-order chi connectivity index (χ1) is 16.5. The molecule has 1 heterocycles. The van der Waals surface area contributed by atoms with Crippen LogP contribution in [0.3, 0.4) is 0 Å². The first-order valence-corrected chi connectivity index (χ1v) is 13.0. The van der Waals surface area contributed by atoms with Crippen LogP contribution in [-0.2, 0) is 16.1 Å². The summed E-state index contributed by atoms with van der Waals surface area (Å²) in [7, 11) is 0. The van der Waals surface area contributed by atoms with E-state index in [4.69, 9.17) is 11.0 Å². The van der Waals surface area contributed by atoms with Crippen molar-refractivity contribution in [2.75, 3.05) is 19.6 Å². The van der Waals surface area contributed by atoms with Crippen LogP contribution in [-0.4, -0.2) is 59.4 Å². The summed E-state index contributed by atoms with van der Waals surface area (Å²) in [6.07, 6.45) is 8.47. The molecule has 0 spiro atoms. The van der Waals surface area contributed by atoms with Crippen LogP contribution in [0.25, 0.3) is 0 Å². The number of nitrogens with one attached hydrogen (secondary N) is 1. The fourth-order valence-corrected chi connectivity index (χ4v) is 5.77. The van der Waals surface area contributed by atoms with E-state index in [0.29, 0.717) is 43.0 Å². The number of amides is 2. The third kappa shape index (κ3) is 6.17. The van der Waals surface area contributed by atoms with E-state index in [2.05, 4.69) is 16.3 Å². The molecule has 0 bridgehead atoms. The summed E-state index contributed by atoms with van der Waals surface area (Å²) in [6, 6.07) is 10.4. The molecule has 4 rings (SSSR count). The molecule has 7 nitrogen and oxygen atoms in total. The van der Waals surface area contributed by atoms with Gasteiger partial charge < -0.3 is 16.0 Å². The van der Waals surface area contributed by atoms with Gasteiger partial charge in [-0.05, 0) is 87.4 Å². The fourth-order valence-electron chi connectivity index (χ4n) is 5.77. The summed E-state index contributed by atoms with van der Waals surface area (Å²) < 4.78 is 0. The highest BCUT2D eigenvalue weighted by Gasteiger charge is 2.41. The van der Waals surface area contributed by atoms with Gasteiger partial charge in [-0.25, -0.2) is 0 Å². The van der Waals surface area contributed by atoms with Gasteiger partial charge in [0.15, 0.2) is 0 Å². The number of benzene rings is 1. The summed E-state index contributed by atoms with van der Waals surface area (Å²) in [4.78, 5) is 29.9. The van der Waals surface area contributed by atoms with Gasteiger partial charge in [-0.2, -0.15) is 5.26 Å². The molecule has 3 fully saturated rings. The molecule has 0 radical (unpaired) electrons. The topological polar surface area (TPSA) is 102 Å². The number of nitriles is 1. The smallest absolute Gasteiger partial charge is 0.242 e. The third-order valence-electron chi connectivity index (χ3n) is 8.08. The first kappa shape index (κ1) is 24.7. The van der Waals surface area contributed by atoms with Crippen molar-refractivity contribution in [1.82, 2.24) is 15.1 Å². The number of carbonyl (C=O) groups excluding carboxylic acids is 2. The Labute approximate surface area is 203 Å². The molecular formula is C27H39N5O2. The van der Waals surface area contributed by atoms with E-state index in [1.165, 1.54) is 18.4 Å². The number of hydrogen-bond acceptors (Lipinski definition) is 5. The number of nitrogens with two attached hydrogens (primary N) is 1. The fraction of sp³-hybridized carbons (Fsp3) is 0.667. The van der Waals surface area contributed by atoms with E-state index in [1.54, 1.807) is 11.8 Å². The van der Waals surface area contributed by atoms with Crippen molar-refractivity contribution in [2.45, 2.75) is 83.0 Å². The van der Waals surface area contributed by atoms with Crippen molar-refractivity contribution >= 4 is 11.8 Å². The van der Waals surface area contributed by atoms with Gasteiger partial charge in [-0.15, -0.1) is 0 Å². The zero-order chi connectivity index (χ0) is 24.1. The number of nitrogens with zero attached hydrogens (tertiary/aromatic N) is 3. The average molecular weight is 466 g/mol. The highest BCUT2D eigenvalue weighted by atomic mass is 16.2. The van der Waals surface area contributed by atoms with Crippen molar-refractivity contribution in [3.05, 3.63) is 35.4 Å². The minimum atomic E-state index is -0.404. The van der Waals surface area contributed by atoms with Crippen molar-refractivity contribution in [2.24, 2.45) is 17.6 Å². The molecule has 34 heavy (non-hydrogen) atoms. The third-order valence-corrected chi connectivity index (χ3v) is 8.08. The Hall–Kier alpha value is -2.43. The molecular weight excluding hydrogens is 426 g/mol. The summed E-state index contributed by atoms with van der Waals surface area (Å²) in [5, 5.41) is 12.3. The lowest BCUT2D eigenvalue weighted by Crippen LogP contribution is -2.57. The van der Waals surface area contributed by atoms with E-state index < -0.39 is 6.04 Å². The molecule has 2 amide bonds. The zero-order valence-electron chi connectivity index (χ0n) is 20.4. The van der Waals surface area contributed by atoms with Crippen LogP contribution in [0.1, 0.15) is 69.4 Å². The monoisotopic (exact) mass is 465 g/mol. The van der Waals surface area contributed by atoms with Gasteiger partial charge in [-0.3, -0.25) is 14.5 Å². The molecule has 7 heteroatoms. The van der Waals surface area contributed by atoms with Gasteiger partial charge >= 0.3 is 0 Å². The maximum atomic E-state index is 13.3. The van der Waals surface area contributed by atoms with Gasteiger partial charge in [0.05, 0.1) is 11.6 Å². The number of likely N-dealkylation sites (tertiary alicyclic amines) is 1. The second kappa shape index (κ2) is 11.3. The Morgan fingerprint density at radius 1 is 1.06 bits per heavy atom. The molecule has 3 N–H and O–H groups in total. The van der Waals surface area contributed by atoms with Crippen LogP contribution in [0.2, 0.25) is 0 Å². The van der Waals surface area contributed by atoms with E-state index in [1.807, 2.05) is 24.3 Å². The number of rotatable bonds is 8. The minimum Gasteiger partial charge on any atom is -0.354 e. The Kier molecular flexibility index (Phi) is 8.23. The van der Waals surface area contributed by atoms with E-state index in [0.717, 1.165) is 45.2 Å². The predicted molar refractivity (Wildman–Crippen MR) is 131 cm³/mol. The highest BCUT2D eigenvalue weighted by Crippen LogP contribution is 2.35. The van der Waals surface area contributed by atoms with Gasteiger partial charge in [-0.1, -0.05) is 12.1 Å². The number of carbonyl (C=O) groups is 2. The number of piperidine rings is 1. The highest BCUT2D eigenvalue weighted by molar-refractivity contribution is 5.87. The van der Waals surface area contributed by atoms with E-state index in [-0.39, 0.29) is 17.9 Å². The standard InChI is InChI=1S/C27H39N5O2/c1-19(33)31-13-12-25(32(24-10-11-24)18-23-8-4-21(16-29)5-9-23)14-26(31)27(34)30-17-22-6-2-20(15-28)3-7-22/h4-5,8-9,20,22,24-26H,2-3,6-7,10-15,17-18,28H2,1H3,(H,30,34)/t20?,22?,25?,26-/m1/s1. The Balaban J connectivity index is 1.38. The predicted octanol–water partition coefficient (Wildman–Crippen LogP) is 2.78. The molecule has 1 aromatic rings. The van der Waals surface area contributed by atoms with Crippen molar-refractivity contribution < 1.29 is 9.59 Å². The minimum absolute atomic E-state index is 0.00466. The number of hydrogen-bond donors (Lipinski definition) is 2. The summed E-state index contributed by atoms with van der Waals surface area (Å²) >= 11 is 0. The molecule has 0 aromatic heterocycles. The molecule has 2 atom stereocenters. The van der Waals surface area contributed by atoms with Crippen LogP contribution in [0.5, 0.6) is 0 Å². The lowest BCUT2D eigenvalue weighted by atomic mass is 9.82.